The summed E-state index contributed by atoms with van der Waals surface area (Å²) in [6, 6.07) is 19.1. The number of ether oxygens (including phenoxy) is 1. The minimum Gasteiger partial charge on any atom is -0.497 e. The molecule has 0 bridgehead atoms. The van der Waals surface area contributed by atoms with Crippen LogP contribution in [0.3, 0.4) is 0 Å². The van der Waals surface area contributed by atoms with Crippen LogP contribution in [-0.4, -0.2) is 32.6 Å². The Balaban J connectivity index is 0.00000264. The van der Waals surface area contributed by atoms with Gasteiger partial charge in [0.25, 0.3) is 0 Å². The van der Waals surface area contributed by atoms with Crippen LogP contribution in [0.1, 0.15) is 17.2 Å². The van der Waals surface area contributed by atoms with Crippen LogP contribution in [0.25, 0.3) is 0 Å². The normalized spacial score (nSPS) is 13.3. The monoisotopic (exact) mass is 334 g/mol. The maximum Gasteiger partial charge on any atom is 0.119 e. The van der Waals surface area contributed by atoms with Crippen LogP contribution < -0.4 is 10.5 Å². The first-order valence-electron chi connectivity index (χ1n) is 7.70. The summed E-state index contributed by atoms with van der Waals surface area (Å²) in [5.41, 5.74) is 8.68. The number of halogens is 1. The molecule has 2 rings (SSSR count). The third kappa shape index (κ3) is 5.24. The van der Waals surface area contributed by atoms with Crippen molar-refractivity contribution in [1.29, 1.82) is 0 Å². The molecule has 126 valence electrons. The highest BCUT2D eigenvalue weighted by atomic mass is 35.5. The molecular formula is C19H27ClN2O. The summed E-state index contributed by atoms with van der Waals surface area (Å²) in [6.07, 6.45) is 0.970. The van der Waals surface area contributed by atoms with E-state index < -0.39 is 0 Å². The molecule has 2 aromatic rings. The van der Waals surface area contributed by atoms with Gasteiger partial charge in [-0.25, -0.2) is 0 Å². The molecule has 0 fully saturated rings. The second-order valence-electron chi connectivity index (χ2n) is 5.87. The Labute approximate surface area is 145 Å². The van der Waals surface area contributed by atoms with Crippen molar-refractivity contribution in [3.05, 3.63) is 65.7 Å². The lowest BCUT2D eigenvalue weighted by Crippen LogP contribution is -2.33. The number of nitrogens with zero attached hydrogens (tertiary/aromatic N) is 1. The third-order valence-electron chi connectivity index (χ3n) is 4.08. The van der Waals surface area contributed by atoms with Crippen molar-refractivity contribution >= 4 is 12.4 Å². The van der Waals surface area contributed by atoms with E-state index in [1.807, 2.05) is 18.2 Å². The van der Waals surface area contributed by atoms with Crippen molar-refractivity contribution in [2.75, 3.05) is 27.7 Å². The second kappa shape index (κ2) is 9.56. The summed E-state index contributed by atoms with van der Waals surface area (Å²) in [7, 11) is 5.92. The lowest BCUT2D eigenvalue weighted by atomic mass is 9.87. The van der Waals surface area contributed by atoms with Crippen molar-refractivity contribution in [2.24, 2.45) is 11.7 Å². The summed E-state index contributed by atoms with van der Waals surface area (Å²) >= 11 is 0. The van der Waals surface area contributed by atoms with E-state index in [9.17, 15) is 0 Å². The lowest BCUT2D eigenvalue weighted by molar-refractivity contribution is 0.213. The van der Waals surface area contributed by atoms with Crippen LogP contribution in [0, 0.1) is 5.92 Å². The van der Waals surface area contributed by atoms with E-state index in [1.54, 1.807) is 7.11 Å². The number of rotatable bonds is 7. The maximum atomic E-state index is 6.11. The highest BCUT2D eigenvalue weighted by Crippen LogP contribution is 2.31. The van der Waals surface area contributed by atoms with Gasteiger partial charge in [0.05, 0.1) is 7.11 Å². The Bertz CT molecular complexity index is 575. The third-order valence-corrected chi connectivity index (χ3v) is 4.08. The predicted octanol–water partition coefficient (Wildman–Crippen LogP) is 3.54. The molecule has 3 nitrogen and oxygen atoms in total. The van der Waals surface area contributed by atoms with Crippen molar-refractivity contribution in [2.45, 2.75) is 12.5 Å². The van der Waals surface area contributed by atoms with Crippen LogP contribution in [0.2, 0.25) is 0 Å². The first-order valence-corrected chi connectivity index (χ1v) is 7.70. The summed E-state index contributed by atoms with van der Waals surface area (Å²) in [5, 5.41) is 0. The number of hydrogen-bond donors (Lipinski definition) is 1. The Hall–Kier alpha value is -1.55. The van der Waals surface area contributed by atoms with E-state index in [0.29, 0.717) is 12.5 Å². The molecular weight excluding hydrogens is 308 g/mol. The SMILES string of the molecule is COc1cccc(C(C(CN)Cc2ccccc2)N(C)C)c1.Cl. The topological polar surface area (TPSA) is 38.5 Å². The smallest absolute Gasteiger partial charge is 0.119 e. The molecule has 4 heteroatoms. The van der Waals surface area contributed by atoms with Gasteiger partial charge in [0.2, 0.25) is 0 Å². The molecule has 0 saturated carbocycles. The molecule has 0 aliphatic carbocycles. The average molecular weight is 335 g/mol. The maximum absolute atomic E-state index is 6.11. The van der Waals surface area contributed by atoms with Gasteiger partial charge in [0, 0.05) is 6.04 Å². The molecule has 0 aliphatic heterocycles. The van der Waals surface area contributed by atoms with E-state index in [4.69, 9.17) is 10.5 Å². The summed E-state index contributed by atoms with van der Waals surface area (Å²) in [4.78, 5) is 2.25. The van der Waals surface area contributed by atoms with E-state index in [1.165, 1.54) is 11.1 Å². The average Bonchev–Trinajstić information content (AvgIpc) is 2.55. The van der Waals surface area contributed by atoms with Crippen molar-refractivity contribution in [3.63, 3.8) is 0 Å². The van der Waals surface area contributed by atoms with E-state index in [2.05, 4.69) is 55.4 Å². The Morgan fingerprint density at radius 2 is 1.74 bits per heavy atom. The van der Waals surface area contributed by atoms with Crippen LogP contribution in [-0.2, 0) is 6.42 Å². The Morgan fingerprint density at radius 3 is 2.30 bits per heavy atom. The minimum atomic E-state index is 0. The van der Waals surface area contributed by atoms with Crippen molar-refractivity contribution < 1.29 is 4.74 Å². The molecule has 2 N–H and O–H groups in total. The Morgan fingerprint density at radius 1 is 1.04 bits per heavy atom. The van der Waals surface area contributed by atoms with Crippen molar-refractivity contribution in [3.8, 4) is 5.75 Å². The second-order valence-corrected chi connectivity index (χ2v) is 5.87. The highest BCUT2D eigenvalue weighted by Gasteiger charge is 2.24. The van der Waals surface area contributed by atoms with Gasteiger partial charge in [0.15, 0.2) is 0 Å². The molecule has 2 unspecified atom stereocenters. The molecule has 0 heterocycles. The van der Waals surface area contributed by atoms with E-state index in [0.717, 1.165) is 12.2 Å². The fourth-order valence-electron chi connectivity index (χ4n) is 3.06. The van der Waals surface area contributed by atoms with E-state index in [-0.39, 0.29) is 18.4 Å². The van der Waals surface area contributed by atoms with Gasteiger partial charge >= 0.3 is 0 Å². The predicted molar refractivity (Wildman–Crippen MR) is 99.4 cm³/mol. The van der Waals surface area contributed by atoms with Crippen LogP contribution >= 0.6 is 12.4 Å². The number of nitrogens with two attached hydrogens (primary N) is 1. The van der Waals surface area contributed by atoms with Crippen LogP contribution in [0.5, 0.6) is 5.75 Å². The molecule has 0 aliphatic rings. The lowest BCUT2D eigenvalue weighted by Gasteiger charge is -2.32. The number of methoxy groups -OCH3 is 1. The molecule has 2 atom stereocenters. The van der Waals surface area contributed by atoms with Crippen molar-refractivity contribution in [1.82, 2.24) is 4.90 Å². The van der Waals surface area contributed by atoms with Gasteiger partial charge in [0.1, 0.15) is 5.75 Å². The fraction of sp³-hybridized carbons (Fsp3) is 0.368. The molecule has 0 aromatic heterocycles. The highest BCUT2D eigenvalue weighted by molar-refractivity contribution is 5.85. The molecule has 0 spiro atoms. The van der Waals surface area contributed by atoms with Gasteiger partial charge in [-0.05, 0) is 56.2 Å². The van der Waals surface area contributed by atoms with Crippen LogP contribution in [0.15, 0.2) is 54.6 Å². The number of benzene rings is 2. The summed E-state index contributed by atoms with van der Waals surface area (Å²) < 4.78 is 5.37. The standard InChI is InChI=1S/C19H26N2O.ClH/c1-21(2)19(16-10-7-11-18(13-16)22-3)17(14-20)12-15-8-5-4-6-9-15;/h4-11,13,17,19H,12,14,20H2,1-3H3;1H. The summed E-state index contributed by atoms with van der Waals surface area (Å²) in [5.74, 6) is 1.24. The number of hydrogen-bond acceptors (Lipinski definition) is 3. The van der Waals surface area contributed by atoms with E-state index >= 15 is 0 Å². The first-order chi connectivity index (χ1) is 10.7. The van der Waals surface area contributed by atoms with Gasteiger partial charge < -0.3 is 15.4 Å². The van der Waals surface area contributed by atoms with Gasteiger partial charge in [-0.3, -0.25) is 0 Å². The molecule has 2 aromatic carbocycles. The molecule has 0 saturated heterocycles. The summed E-state index contributed by atoms with van der Waals surface area (Å²) in [6.45, 7) is 0.648. The van der Waals surface area contributed by atoms with Crippen LogP contribution in [0.4, 0.5) is 0 Å². The zero-order chi connectivity index (χ0) is 15.9. The molecule has 0 radical (unpaired) electrons. The molecule has 23 heavy (non-hydrogen) atoms. The quantitative estimate of drug-likeness (QED) is 0.841. The zero-order valence-electron chi connectivity index (χ0n) is 14.1. The van der Waals surface area contributed by atoms with Gasteiger partial charge in [-0.15, -0.1) is 12.4 Å². The molecule has 0 amide bonds. The minimum absolute atomic E-state index is 0. The first kappa shape index (κ1) is 19.5. The van der Waals surface area contributed by atoms with Gasteiger partial charge in [-0.1, -0.05) is 42.5 Å². The largest absolute Gasteiger partial charge is 0.497 e. The zero-order valence-corrected chi connectivity index (χ0v) is 14.9. The Kier molecular flexibility index (Phi) is 8.10. The fourth-order valence-corrected chi connectivity index (χ4v) is 3.06. The van der Waals surface area contributed by atoms with Gasteiger partial charge in [-0.2, -0.15) is 0 Å².